The summed E-state index contributed by atoms with van der Waals surface area (Å²) < 4.78 is 32.5. The van der Waals surface area contributed by atoms with Gasteiger partial charge in [0.05, 0.1) is 0 Å². The van der Waals surface area contributed by atoms with E-state index in [4.69, 9.17) is 4.52 Å². The van der Waals surface area contributed by atoms with Crippen LogP contribution in [0.5, 0.6) is 0 Å². The Bertz CT molecular complexity index is 756. The van der Waals surface area contributed by atoms with Gasteiger partial charge >= 0.3 is 0 Å². The smallest absolute Gasteiger partial charge is 0.267 e. The Labute approximate surface area is 136 Å². The number of hydrogen-bond donors (Lipinski definition) is 1. The van der Waals surface area contributed by atoms with Gasteiger partial charge in [-0.1, -0.05) is 5.16 Å². The molecule has 0 amide bonds. The van der Waals surface area contributed by atoms with E-state index in [1.54, 1.807) is 26.0 Å². The van der Waals surface area contributed by atoms with E-state index in [1.165, 1.54) is 19.3 Å². The molecule has 0 unspecified atom stereocenters. The normalized spacial score (nSPS) is 15.7. The van der Waals surface area contributed by atoms with E-state index in [-0.39, 0.29) is 4.90 Å². The Morgan fingerprint density at radius 1 is 1.09 bits per heavy atom. The Morgan fingerprint density at radius 2 is 1.74 bits per heavy atom. The van der Waals surface area contributed by atoms with Crippen LogP contribution >= 0.6 is 0 Å². The van der Waals surface area contributed by atoms with E-state index in [0.29, 0.717) is 17.1 Å². The first-order chi connectivity index (χ1) is 11.0. The SMILES string of the molecule is Cc1noc(C)c1S(=O)(=O)Nc1ccc(N2CCCCC2)cc1. The van der Waals surface area contributed by atoms with Crippen molar-refractivity contribution in [2.24, 2.45) is 0 Å². The lowest BCUT2D eigenvalue weighted by molar-refractivity contribution is 0.390. The Kier molecular flexibility index (Phi) is 4.30. The predicted octanol–water partition coefficient (Wildman–Crippen LogP) is 3.08. The lowest BCUT2D eigenvalue weighted by Gasteiger charge is -2.28. The Balaban J connectivity index is 1.78. The van der Waals surface area contributed by atoms with Gasteiger partial charge in [-0.25, -0.2) is 8.42 Å². The minimum Gasteiger partial charge on any atom is -0.372 e. The molecule has 124 valence electrons. The first-order valence-corrected chi connectivity index (χ1v) is 9.26. The number of benzene rings is 1. The van der Waals surface area contributed by atoms with Gasteiger partial charge in [0.2, 0.25) is 0 Å². The molecule has 6 nitrogen and oxygen atoms in total. The van der Waals surface area contributed by atoms with Crippen LogP contribution in [-0.2, 0) is 10.0 Å². The van der Waals surface area contributed by atoms with Crippen LogP contribution in [0.15, 0.2) is 33.7 Å². The second kappa shape index (κ2) is 6.23. The zero-order chi connectivity index (χ0) is 16.4. The van der Waals surface area contributed by atoms with Crippen molar-refractivity contribution in [2.75, 3.05) is 22.7 Å². The second-order valence-corrected chi connectivity index (χ2v) is 7.47. The number of anilines is 2. The van der Waals surface area contributed by atoms with Crippen molar-refractivity contribution in [1.82, 2.24) is 5.16 Å². The quantitative estimate of drug-likeness (QED) is 0.929. The molecule has 2 heterocycles. The molecule has 0 saturated carbocycles. The van der Waals surface area contributed by atoms with E-state index in [1.807, 2.05) is 12.1 Å². The number of aromatic nitrogens is 1. The summed E-state index contributed by atoms with van der Waals surface area (Å²) in [5.41, 5.74) is 2.02. The molecule has 0 spiro atoms. The molecule has 2 aromatic rings. The molecule has 23 heavy (non-hydrogen) atoms. The van der Waals surface area contributed by atoms with Gasteiger partial charge in [0.15, 0.2) is 10.7 Å². The molecule has 1 aliphatic heterocycles. The van der Waals surface area contributed by atoms with Crippen molar-refractivity contribution in [2.45, 2.75) is 38.0 Å². The summed E-state index contributed by atoms with van der Waals surface area (Å²) >= 11 is 0. The summed E-state index contributed by atoms with van der Waals surface area (Å²) in [6, 6.07) is 7.49. The summed E-state index contributed by atoms with van der Waals surface area (Å²) in [5, 5.41) is 3.70. The molecule has 1 saturated heterocycles. The standard InChI is InChI=1S/C16H21N3O3S/c1-12-16(13(2)22-17-12)23(20,21)18-14-6-8-15(9-7-14)19-10-4-3-5-11-19/h6-9,18H,3-5,10-11H2,1-2H3. The fraction of sp³-hybridized carbons (Fsp3) is 0.438. The number of rotatable bonds is 4. The van der Waals surface area contributed by atoms with Crippen molar-refractivity contribution in [1.29, 1.82) is 0 Å². The topological polar surface area (TPSA) is 75.4 Å². The molecule has 1 N–H and O–H groups in total. The molecule has 3 rings (SSSR count). The minimum absolute atomic E-state index is 0.109. The number of aryl methyl sites for hydroxylation is 2. The zero-order valence-corrected chi connectivity index (χ0v) is 14.2. The molecular weight excluding hydrogens is 314 g/mol. The molecule has 1 aliphatic rings. The van der Waals surface area contributed by atoms with Crippen molar-refractivity contribution in [3.8, 4) is 0 Å². The van der Waals surface area contributed by atoms with E-state index in [0.717, 1.165) is 18.8 Å². The van der Waals surface area contributed by atoms with Gasteiger partial charge in [0.1, 0.15) is 5.69 Å². The first-order valence-electron chi connectivity index (χ1n) is 7.78. The number of sulfonamides is 1. The van der Waals surface area contributed by atoms with Crippen LogP contribution in [0.4, 0.5) is 11.4 Å². The predicted molar refractivity (Wildman–Crippen MR) is 89.3 cm³/mol. The highest BCUT2D eigenvalue weighted by atomic mass is 32.2. The number of nitrogens with zero attached hydrogens (tertiary/aromatic N) is 2. The van der Waals surface area contributed by atoms with Crippen molar-refractivity contribution >= 4 is 21.4 Å². The Morgan fingerprint density at radius 3 is 2.30 bits per heavy atom. The lowest BCUT2D eigenvalue weighted by Crippen LogP contribution is -2.29. The third-order valence-electron chi connectivity index (χ3n) is 4.08. The van der Waals surface area contributed by atoms with Crippen LogP contribution in [0.1, 0.15) is 30.7 Å². The van der Waals surface area contributed by atoms with Gasteiger partial charge in [0, 0.05) is 24.5 Å². The fourth-order valence-corrected chi connectivity index (χ4v) is 4.35. The van der Waals surface area contributed by atoms with Crippen molar-refractivity contribution < 1.29 is 12.9 Å². The summed E-state index contributed by atoms with van der Waals surface area (Å²) in [5.74, 6) is 0.292. The van der Waals surface area contributed by atoms with Gasteiger partial charge in [-0.2, -0.15) is 0 Å². The highest BCUT2D eigenvalue weighted by molar-refractivity contribution is 7.92. The first kappa shape index (κ1) is 15.9. The molecule has 1 aromatic heterocycles. The molecule has 0 aliphatic carbocycles. The van der Waals surface area contributed by atoms with Crippen LogP contribution < -0.4 is 9.62 Å². The van der Waals surface area contributed by atoms with Crippen LogP contribution in [0.2, 0.25) is 0 Å². The zero-order valence-electron chi connectivity index (χ0n) is 13.4. The van der Waals surface area contributed by atoms with Crippen LogP contribution in [0.25, 0.3) is 0 Å². The lowest BCUT2D eigenvalue weighted by atomic mass is 10.1. The number of piperidine rings is 1. The number of hydrogen-bond acceptors (Lipinski definition) is 5. The van der Waals surface area contributed by atoms with E-state index < -0.39 is 10.0 Å². The highest BCUT2D eigenvalue weighted by Gasteiger charge is 2.24. The van der Waals surface area contributed by atoms with Crippen LogP contribution in [-0.4, -0.2) is 26.7 Å². The van der Waals surface area contributed by atoms with Crippen LogP contribution in [0, 0.1) is 13.8 Å². The fourth-order valence-electron chi connectivity index (χ4n) is 2.96. The van der Waals surface area contributed by atoms with Gasteiger partial charge in [-0.3, -0.25) is 4.72 Å². The number of nitrogens with one attached hydrogen (secondary N) is 1. The molecule has 0 radical (unpaired) electrons. The molecular formula is C16H21N3O3S. The third kappa shape index (κ3) is 3.34. The van der Waals surface area contributed by atoms with Crippen LogP contribution in [0.3, 0.4) is 0 Å². The molecule has 0 atom stereocenters. The van der Waals surface area contributed by atoms with Crippen molar-refractivity contribution in [3.05, 3.63) is 35.7 Å². The van der Waals surface area contributed by atoms with E-state index in [9.17, 15) is 8.42 Å². The van der Waals surface area contributed by atoms with Gasteiger partial charge in [-0.15, -0.1) is 0 Å². The maximum atomic E-state index is 12.5. The summed E-state index contributed by atoms with van der Waals surface area (Å²) in [4.78, 5) is 2.44. The van der Waals surface area contributed by atoms with E-state index >= 15 is 0 Å². The van der Waals surface area contributed by atoms with Gasteiger partial charge < -0.3 is 9.42 Å². The largest absolute Gasteiger partial charge is 0.372 e. The second-order valence-electron chi connectivity index (χ2n) is 5.85. The van der Waals surface area contributed by atoms with Gasteiger partial charge in [-0.05, 0) is 57.4 Å². The average molecular weight is 335 g/mol. The molecule has 0 bridgehead atoms. The maximum absolute atomic E-state index is 12.5. The molecule has 7 heteroatoms. The summed E-state index contributed by atoms with van der Waals surface area (Å²) in [7, 11) is -3.69. The van der Waals surface area contributed by atoms with E-state index in [2.05, 4.69) is 14.8 Å². The summed E-state index contributed by atoms with van der Waals surface area (Å²) in [6.07, 6.45) is 3.70. The monoisotopic (exact) mass is 335 g/mol. The summed E-state index contributed by atoms with van der Waals surface area (Å²) in [6.45, 7) is 5.33. The molecule has 1 aromatic carbocycles. The maximum Gasteiger partial charge on any atom is 0.267 e. The third-order valence-corrected chi connectivity index (χ3v) is 5.70. The highest BCUT2D eigenvalue weighted by Crippen LogP contribution is 2.25. The van der Waals surface area contributed by atoms with Gasteiger partial charge in [0.25, 0.3) is 10.0 Å². The molecule has 1 fully saturated rings. The van der Waals surface area contributed by atoms with Crippen molar-refractivity contribution in [3.63, 3.8) is 0 Å². The average Bonchev–Trinajstić information content (AvgIpc) is 2.88. The minimum atomic E-state index is -3.69. The Hall–Kier alpha value is -2.02.